The number of amides is 1. The maximum atomic E-state index is 13.3. The molecule has 1 unspecified atom stereocenters. The van der Waals surface area contributed by atoms with E-state index in [1.165, 1.54) is 36.4 Å². The van der Waals surface area contributed by atoms with E-state index in [4.69, 9.17) is 9.84 Å². The van der Waals surface area contributed by atoms with Gasteiger partial charge in [0, 0.05) is 24.2 Å². The van der Waals surface area contributed by atoms with Gasteiger partial charge in [-0.2, -0.15) is 0 Å². The molecule has 1 aliphatic rings. The van der Waals surface area contributed by atoms with E-state index in [0.717, 1.165) is 17.0 Å². The lowest BCUT2D eigenvalue weighted by molar-refractivity contribution is -0.384. The molecule has 31 heavy (non-hydrogen) atoms. The van der Waals surface area contributed by atoms with Gasteiger partial charge in [0.25, 0.3) is 17.4 Å². The van der Waals surface area contributed by atoms with Gasteiger partial charge < -0.3 is 19.8 Å². The van der Waals surface area contributed by atoms with Gasteiger partial charge in [0.15, 0.2) is 0 Å². The fourth-order valence-corrected chi connectivity index (χ4v) is 3.36. The molecular weight excluding hydrogens is 411 g/mol. The average molecular weight is 430 g/mol. The number of nitro groups is 1. The van der Waals surface area contributed by atoms with Crippen LogP contribution in [-0.4, -0.2) is 58.1 Å². The summed E-state index contributed by atoms with van der Waals surface area (Å²) in [4.78, 5) is 37.2. The van der Waals surface area contributed by atoms with Crippen LogP contribution in [0.1, 0.15) is 17.2 Å². The van der Waals surface area contributed by atoms with E-state index in [1.54, 1.807) is 0 Å². The summed E-state index contributed by atoms with van der Waals surface area (Å²) in [6.45, 7) is -0.258. The second-order valence-electron chi connectivity index (χ2n) is 6.69. The highest BCUT2D eigenvalue weighted by Gasteiger charge is 2.46. The van der Waals surface area contributed by atoms with Crippen molar-refractivity contribution in [1.29, 1.82) is 0 Å². The Morgan fingerprint density at radius 2 is 1.87 bits per heavy atom. The summed E-state index contributed by atoms with van der Waals surface area (Å²) in [6, 6.07) is 8.99. The Hall–Kier alpha value is -3.63. The number of benzene rings is 2. The summed E-state index contributed by atoms with van der Waals surface area (Å²) in [5.74, 6) is -2.95. The van der Waals surface area contributed by atoms with E-state index in [2.05, 4.69) is 0 Å². The highest BCUT2D eigenvalue weighted by Crippen LogP contribution is 2.40. The number of halogens is 1. The molecule has 0 aliphatic carbocycles. The highest BCUT2D eigenvalue weighted by molar-refractivity contribution is 6.46. The predicted octanol–water partition coefficient (Wildman–Crippen LogP) is 2.16. The standard InChI is InChI=1S/C21H19FN2O7/c22-15-6-4-13(5-7-15)19(26)17-18(14-2-1-3-16(12-14)24(29)30)23(21(28)20(17)27)8-10-31-11-9-25/h1-7,12,18,25-26H,8-11H2/b19-17+. The van der Waals surface area contributed by atoms with Crippen LogP contribution >= 0.6 is 0 Å². The van der Waals surface area contributed by atoms with E-state index in [9.17, 15) is 29.2 Å². The zero-order chi connectivity index (χ0) is 22.5. The van der Waals surface area contributed by atoms with Gasteiger partial charge in [-0.1, -0.05) is 12.1 Å². The fourth-order valence-electron chi connectivity index (χ4n) is 3.36. The van der Waals surface area contributed by atoms with Crippen molar-refractivity contribution in [3.8, 4) is 0 Å². The first-order chi connectivity index (χ1) is 14.8. The normalized spacial score (nSPS) is 17.9. The number of carbonyl (C=O) groups is 2. The van der Waals surface area contributed by atoms with E-state index in [1.807, 2.05) is 0 Å². The molecule has 0 aromatic heterocycles. The topological polar surface area (TPSA) is 130 Å². The molecule has 0 radical (unpaired) electrons. The van der Waals surface area contributed by atoms with Gasteiger partial charge in [-0.15, -0.1) is 0 Å². The second kappa shape index (κ2) is 9.45. The number of Topliss-reactive ketones (excluding diaryl/α,β-unsaturated/α-hetero) is 1. The Bertz CT molecular complexity index is 1040. The summed E-state index contributed by atoms with van der Waals surface area (Å²) < 4.78 is 18.5. The van der Waals surface area contributed by atoms with Gasteiger partial charge >= 0.3 is 0 Å². The minimum absolute atomic E-state index is 0.00437. The molecule has 2 N–H and O–H groups in total. The third-order valence-electron chi connectivity index (χ3n) is 4.77. The highest BCUT2D eigenvalue weighted by atomic mass is 19.1. The fraction of sp³-hybridized carbons (Fsp3) is 0.238. The van der Waals surface area contributed by atoms with Crippen molar-refractivity contribution in [2.45, 2.75) is 6.04 Å². The number of nitrogens with zero attached hydrogens (tertiary/aromatic N) is 2. The summed E-state index contributed by atoms with van der Waals surface area (Å²) >= 11 is 0. The molecule has 1 aliphatic heterocycles. The van der Waals surface area contributed by atoms with E-state index >= 15 is 0 Å². The zero-order valence-electron chi connectivity index (χ0n) is 16.2. The number of ketones is 1. The Morgan fingerprint density at radius 3 is 2.52 bits per heavy atom. The number of hydrogen-bond donors (Lipinski definition) is 2. The Balaban J connectivity index is 2.10. The van der Waals surface area contributed by atoms with Crippen molar-refractivity contribution in [2.24, 2.45) is 0 Å². The number of likely N-dealkylation sites (tertiary alicyclic amines) is 1. The summed E-state index contributed by atoms with van der Waals surface area (Å²) in [5, 5.41) is 30.8. The van der Waals surface area contributed by atoms with Crippen LogP contribution in [0.5, 0.6) is 0 Å². The maximum absolute atomic E-state index is 13.3. The number of aliphatic hydroxyl groups excluding tert-OH is 2. The smallest absolute Gasteiger partial charge is 0.295 e. The van der Waals surface area contributed by atoms with Crippen molar-refractivity contribution >= 4 is 23.1 Å². The van der Waals surface area contributed by atoms with Crippen molar-refractivity contribution in [3.05, 3.63) is 81.2 Å². The minimum atomic E-state index is -1.11. The molecule has 1 amide bonds. The number of carbonyl (C=O) groups excluding carboxylic acids is 2. The number of ether oxygens (including phenoxy) is 1. The van der Waals surface area contributed by atoms with E-state index in [0.29, 0.717) is 0 Å². The molecule has 0 saturated carbocycles. The number of non-ortho nitro benzene ring substituents is 1. The molecule has 0 bridgehead atoms. The van der Waals surface area contributed by atoms with Crippen LogP contribution in [0.25, 0.3) is 5.76 Å². The first kappa shape index (κ1) is 22.1. The van der Waals surface area contributed by atoms with Crippen LogP contribution in [0.3, 0.4) is 0 Å². The van der Waals surface area contributed by atoms with Gasteiger partial charge in [0.2, 0.25) is 0 Å². The van der Waals surface area contributed by atoms with Gasteiger partial charge in [-0.05, 0) is 29.8 Å². The number of nitro benzene ring substituents is 1. The van der Waals surface area contributed by atoms with Crippen molar-refractivity contribution in [3.63, 3.8) is 0 Å². The molecule has 1 fully saturated rings. The van der Waals surface area contributed by atoms with E-state index in [-0.39, 0.29) is 48.8 Å². The van der Waals surface area contributed by atoms with Gasteiger partial charge in [-0.3, -0.25) is 19.7 Å². The van der Waals surface area contributed by atoms with Crippen LogP contribution in [0.15, 0.2) is 54.1 Å². The third kappa shape index (κ3) is 4.60. The Kier molecular flexibility index (Phi) is 6.73. The lowest BCUT2D eigenvalue weighted by Crippen LogP contribution is -2.33. The molecule has 2 aromatic carbocycles. The summed E-state index contributed by atoms with van der Waals surface area (Å²) in [7, 11) is 0. The van der Waals surface area contributed by atoms with E-state index < -0.39 is 34.2 Å². The zero-order valence-corrected chi connectivity index (χ0v) is 16.2. The first-order valence-electron chi connectivity index (χ1n) is 9.32. The maximum Gasteiger partial charge on any atom is 0.295 e. The molecule has 9 nitrogen and oxygen atoms in total. The lowest BCUT2D eigenvalue weighted by Gasteiger charge is -2.25. The van der Waals surface area contributed by atoms with Crippen molar-refractivity contribution in [1.82, 2.24) is 4.90 Å². The second-order valence-corrected chi connectivity index (χ2v) is 6.69. The lowest BCUT2D eigenvalue weighted by atomic mass is 9.95. The van der Waals surface area contributed by atoms with Crippen molar-refractivity contribution < 1.29 is 33.9 Å². The summed E-state index contributed by atoms with van der Waals surface area (Å²) in [5.41, 5.74) is -0.147. The molecule has 2 aromatic rings. The quantitative estimate of drug-likeness (QED) is 0.164. The SMILES string of the molecule is O=C1C(=O)N(CCOCCO)C(c2cccc([N+](=O)[O-])c2)/C1=C(\O)c1ccc(F)cc1. The third-order valence-corrected chi connectivity index (χ3v) is 4.77. The van der Waals surface area contributed by atoms with Gasteiger partial charge in [0.1, 0.15) is 11.6 Å². The number of aliphatic hydroxyl groups is 2. The molecular formula is C21H19FN2O7. The Labute approximate surface area is 176 Å². The van der Waals surface area contributed by atoms with Crippen LogP contribution in [0.2, 0.25) is 0 Å². The van der Waals surface area contributed by atoms with Gasteiger partial charge in [0.05, 0.1) is 36.4 Å². The molecule has 3 rings (SSSR count). The molecule has 1 saturated heterocycles. The molecule has 1 heterocycles. The number of hydrogen-bond acceptors (Lipinski definition) is 7. The largest absolute Gasteiger partial charge is 0.507 e. The molecule has 162 valence electrons. The van der Waals surface area contributed by atoms with Gasteiger partial charge in [-0.25, -0.2) is 4.39 Å². The minimum Gasteiger partial charge on any atom is -0.507 e. The van der Waals surface area contributed by atoms with Crippen LogP contribution in [0.4, 0.5) is 10.1 Å². The summed E-state index contributed by atoms with van der Waals surface area (Å²) in [6.07, 6.45) is 0. The van der Waals surface area contributed by atoms with Crippen LogP contribution < -0.4 is 0 Å². The predicted molar refractivity (Wildman–Crippen MR) is 106 cm³/mol. The van der Waals surface area contributed by atoms with Crippen LogP contribution in [0, 0.1) is 15.9 Å². The first-order valence-corrected chi connectivity index (χ1v) is 9.32. The number of rotatable bonds is 8. The monoisotopic (exact) mass is 430 g/mol. The average Bonchev–Trinajstić information content (AvgIpc) is 3.01. The molecule has 10 heteroatoms. The molecule has 0 spiro atoms. The van der Waals surface area contributed by atoms with Crippen molar-refractivity contribution in [2.75, 3.05) is 26.4 Å². The Morgan fingerprint density at radius 1 is 1.16 bits per heavy atom. The molecule has 1 atom stereocenters. The van der Waals surface area contributed by atoms with Crippen LogP contribution in [-0.2, 0) is 14.3 Å².